The van der Waals surface area contributed by atoms with Crippen LogP contribution in [0, 0.1) is 6.92 Å². The van der Waals surface area contributed by atoms with Crippen LogP contribution in [0.1, 0.15) is 11.1 Å². The van der Waals surface area contributed by atoms with Crippen LogP contribution >= 0.6 is 11.8 Å². The Balaban J connectivity index is 1.52. The van der Waals surface area contributed by atoms with E-state index in [-0.39, 0.29) is 0 Å². The number of rotatable bonds is 5. The van der Waals surface area contributed by atoms with Crippen LogP contribution in [-0.2, 0) is 5.75 Å². The highest BCUT2D eigenvalue weighted by Gasteiger charge is 2.19. The lowest BCUT2D eigenvalue weighted by atomic mass is 10.1. The molecule has 0 saturated heterocycles. The summed E-state index contributed by atoms with van der Waals surface area (Å²) in [5, 5.41) is 9.90. The molecular weight excluding hydrogens is 394 g/mol. The van der Waals surface area contributed by atoms with Crippen LogP contribution < -0.4 is 9.47 Å². The summed E-state index contributed by atoms with van der Waals surface area (Å²) in [4.78, 5) is 0. The number of nitrogens with zero attached hydrogens (tertiary/aromatic N) is 3. The van der Waals surface area contributed by atoms with E-state index < -0.39 is 0 Å². The Bertz CT molecular complexity index is 1160. The van der Waals surface area contributed by atoms with Gasteiger partial charge in [-0.15, -0.1) is 10.2 Å². The Hall–Kier alpha value is -3.25. The molecule has 2 heterocycles. The van der Waals surface area contributed by atoms with Crippen LogP contribution in [0.25, 0.3) is 17.1 Å². The number of para-hydroxylation sites is 1. The first-order valence-electron chi connectivity index (χ1n) is 9.87. The highest BCUT2D eigenvalue weighted by Crippen LogP contribution is 2.36. The van der Waals surface area contributed by atoms with Gasteiger partial charge in [0.25, 0.3) is 0 Å². The molecule has 5 nitrogen and oxygen atoms in total. The monoisotopic (exact) mass is 415 g/mol. The number of benzene rings is 3. The van der Waals surface area contributed by atoms with Gasteiger partial charge in [0.2, 0.25) is 0 Å². The number of aromatic nitrogens is 3. The van der Waals surface area contributed by atoms with E-state index in [4.69, 9.17) is 9.47 Å². The Labute approximate surface area is 179 Å². The zero-order valence-electron chi connectivity index (χ0n) is 16.6. The minimum atomic E-state index is 0.555. The van der Waals surface area contributed by atoms with E-state index in [1.54, 1.807) is 11.8 Å². The van der Waals surface area contributed by atoms with Gasteiger partial charge in [0.15, 0.2) is 22.5 Å². The average Bonchev–Trinajstić information content (AvgIpc) is 3.23. The third-order valence-electron chi connectivity index (χ3n) is 4.94. The molecular formula is C24H21N3O2S. The van der Waals surface area contributed by atoms with Gasteiger partial charge in [-0.05, 0) is 42.8 Å². The molecule has 30 heavy (non-hydrogen) atoms. The molecule has 5 rings (SSSR count). The van der Waals surface area contributed by atoms with E-state index >= 15 is 0 Å². The second-order valence-electron chi connectivity index (χ2n) is 7.11. The first kappa shape index (κ1) is 18.8. The summed E-state index contributed by atoms with van der Waals surface area (Å²) in [5.74, 6) is 3.12. The molecule has 4 aromatic rings. The molecule has 0 N–H and O–H groups in total. The van der Waals surface area contributed by atoms with Crippen LogP contribution in [0.15, 0.2) is 78.0 Å². The normalized spacial score (nSPS) is 12.7. The number of ether oxygens (including phenoxy) is 2. The summed E-state index contributed by atoms with van der Waals surface area (Å²) < 4.78 is 13.5. The van der Waals surface area contributed by atoms with E-state index in [0.717, 1.165) is 39.5 Å². The van der Waals surface area contributed by atoms with Crippen LogP contribution in [0.3, 0.4) is 0 Å². The topological polar surface area (TPSA) is 49.2 Å². The minimum Gasteiger partial charge on any atom is -0.486 e. The van der Waals surface area contributed by atoms with Crippen molar-refractivity contribution in [2.45, 2.75) is 17.8 Å². The molecule has 0 amide bonds. The first-order chi connectivity index (χ1) is 14.8. The largest absolute Gasteiger partial charge is 0.486 e. The second kappa shape index (κ2) is 8.24. The standard InChI is InChI=1S/C24H21N3O2S/c1-17-7-9-18(10-8-17)16-30-24-26-25-23(27(24)20-5-3-2-4-6-20)19-11-12-21-22(15-19)29-14-13-28-21/h2-12,15H,13-14,16H2,1H3. The molecule has 3 aromatic carbocycles. The van der Waals surface area contributed by atoms with Crippen molar-refractivity contribution in [1.29, 1.82) is 0 Å². The molecule has 1 aromatic heterocycles. The van der Waals surface area contributed by atoms with Crippen molar-refractivity contribution in [1.82, 2.24) is 14.8 Å². The van der Waals surface area contributed by atoms with E-state index in [1.807, 2.05) is 36.4 Å². The zero-order chi connectivity index (χ0) is 20.3. The molecule has 0 bridgehead atoms. The van der Waals surface area contributed by atoms with Gasteiger partial charge < -0.3 is 9.47 Å². The molecule has 0 unspecified atom stereocenters. The van der Waals surface area contributed by atoms with Crippen molar-refractivity contribution in [3.8, 4) is 28.6 Å². The molecule has 0 atom stereocenters. The summed E-state index contributed by atoms with van der Waals surface area (Å²) in [6.07, 6.45) is 0. The van der Waals surface area contributed by atoms with Gasteiger partial charge >= 0.3 is 0 Å². The van der Waals surface area contributed by atoms with Crippen molar-refractivity contribution >= 4 is 11.8 Å². The van der Waals surface area contributed by atoms with Gasteiger partial charge in [-0.25, -0.2) is 0 Å². The van der Waals surface area contributed by atoms with Gasteiger partial charge in [-0.1, -0.05) is 59.8 Å². The van der Waals surface area contributed by atoms with E-state index in [0.29, 0.717) is 13.2 Å². The lowest BCUT2D eigenvalue weighted by molar-refractivity contribution is 0.171. The van der Waals surface area contributed by atoms with Crippen LogP contribution in [-0.4, -0.2) is 28.0 Å². The number of hydrogen-bond acceptors (Lipinski definition) is 5. The Morgan fingerprint density at radius 1 is 0.867 bits per heavy atom. The maximum Gasteiger partial charge on any atom is 0.196 e. The summed E-state index contributed by atoms with van der Waals surface area (Å²) in [6.45, 7) is 3.23. The van der Waals surface area contributed by atoms with E-state index in [9.17, 15) is 0 Å². The van der Waals surface area contributed by atoms with Gasteiger partial charge in [0.1, 0.15) is 13.2 Å². The lowest BCUT2D eigenvalue weighted by Gasteiger charge is -2.19. The summed E-state index contributed by atoms with van der Waals surface area (Å²) in [5.41, 5.74) is 4.49. The van der Waals surface area contributed by atoms with Gasteiger partial charge in [0, 0.05) is 17.0 Å². The second-order valence-corrected chi connectivity index (χ2v) is 8.05. The summed E-state index contributed by atoms with van der Waals surface area (Å²) >= 11 is 1.68. The highest BCUT2D eigenvalue weighted by molar-refractivity contribution is 7.98. The average molecular weight is 416 g/mol. The van der Waals surface area contributed by atoms with Crippen LogP contribution in [0.2, 0.25) is 0 Å². The third kappa shape index (κ3) is 3.78. The number of fused-ring (bicyclic) bond motifs is 1. The molecule has 0 radical (unpaired) electrons. The Kier molecular flexibility index (Phi) is 5.15. The number of aryl methyl sites for hydroxylation is 1. The fourth-order valence-electron chi connectivity index (χ4n) is 3.37. The maximum absolute atomic E-state index is 5.77. The van der Waals surface area contributed by atoms with Crippen LogP contribution in [0.4, 0.5) is 0 Å². The third-order valence-corrected chi connectivity index (χ3v) is 5.94. The van der Waals surface area contributed by atoms with Crippen LogP contribution in [0.5, 0.6) is 11.5 Å². The van der Waals surface area contributed by atoms with Gasteiger partial charge in [-0.2, -0.15) is 0 Å². The Morgan fingerprint density at radius 2 is 1.63 bits per heavy atom. The predicted molar refractivity (Wildman–Crippen MR) is 119 cm³/mol. The molecule has 6 heteroatoms. The quantitative estimate of drug-likeness (QED) is 0.414. The van der Waals surface area contributed by atoms with Crippen molar-refractivity contribution in [3.05, 3.63) is 83.9 Å². The maximum atomic E-state index is 5.77. The SMILES string of the molecule is Cc1ccc(CSc2nnc(-c3ccc4c(c3)OCCO4)n2-c2ccccc2)cc1. The van der Waals surface area contributed by atoms with Gasteiger partial charge in [0.05, 0.1) is 0 Å². The van der Waals surface area contributed by atoms with Gasteiger partial charge in [-0.3, -0.25) is 4.57 Å². The first-order valence-corrected chi connectivity index (χ1v) is 10.9. The molecule has 0 aliphatic carbocycles. The van der Waals surface area contributed by atoms with Crippen molar-refractivity contribution in [2.24, 2.45) is 0 Å². The molecule has 1 aliphatic heterocycles. The smallest absolute Gasteiger partial charge is 0.196 e. The minimum absolute atomic E-state index is 0.555. The molecule has 0 fully saturated rings. The van der Waals surface area contributed by atoms with Crippen molar-refractivity contribution in [3.63, 3.8) is 0 Å². The zero-order valence-corrected chi connectivity index (χ0v) is 17.4. The molecule has 1 aliphatic rings. The molecule has 0 saturated carbocycles. The number of thioether (sulfide) groups is 1. The lowest BCUT2D eigenvalue weighted by Crippen LogP contribution is -2.15. The number of hydrogen-bond donors (Lipinski definition) is 0. The molecule has 0 spiro atoms. The van der Waals surface area contributed by atoms with Crippen molar-refractivity contribution in [2.75, 3.05) is 13.2 Å². The fourth-order valence-corrected chi connectivity index (χ4v) is 4.28. The Morgan fingerprint density at radius 3 is 2.43 bits per heavy atom. The highest BCUT2D eigenvalue weighted by atomic mass is 32.2. The summed E-state index contributed by atoms with van der Waals surface area (Å²) in [7, 11) is 0. The van der Waals surface area contributed by atoms with Crippen molar-refractivity contribution < 1.29 is 9.47 Å². The van der Waals surface area contributed by atoms with E-state index in [1.165, 1.54) is 11.1 Å². The molecule has 150 valence electrons. The predicted octanol–water partition coefficient (Wildman–Crippen LogP) is 5.31. The fraction of sp³-hybridized carbons (Fsp3) is 0.167. The summed E-state index contributed by atoms with van der Waals surface area (Å²) in [6, 6.07) is 24.7. The van der Waals surface area contributed by atoms with E-state index in [2.05, 4.69) is 58.1 Å².